The van der Waals surface area contributed by atoms with Crippen LogP contribution in [-0.2, 0) is 0 Å². The van der Waals surface area contributed by atoms with E-state index in [1.807, 2.05) is 0 Å². The lowest BCUT2D eigenvalue weighted by atomic mass is 10.1. The summed E-state index contributed by atoms with van der Waals surface area (Å²) in [5, 5.41) is 2.95. The second-order valence-corrected chi connectivity index (χ2v) is 4.84. The molecule has 3 nitrogen and oxygen atoms in total. The Hall–Kier alpha value is -1.98. The third-order valence-corrected chi connectivity index (χ3v) is 3.16. The van der Waals surface area contributed by atoms with E-state index in [9.17, 15) is 9.18 Å². The molecule has 20 heavy (non-hydrogen) atoms. The van der Waals surface area contributed by atoms with Crippen molar-refractivity contribution >= 4 is 40.4 Å². The number of amides is 1. The third-order valence-electron chi connectivity index (χ3n) is 2.61. The molecule has 0 heterocycles. The van der Waals surface area contributed by atoms with Gasteiger partial charge >= 0.3 is 0 Å². The summed E-state index contributed by atoms with van der Waals surface area (Å²) >= 11 is 10.7. The predicted octanol–water partition coefficient (Wildman–Crippen LogP) is 3.37. The van der Waals surface area contributed by atoms with Gasteiger partial charge < -0.3 is 11.1 Å². The lowest BCUT2D eigenvalue weighted by Gasteiger charge is -2.08. The molecule has 6 heteroatoms. The van der Waals surface area contributed by atoms with Gasteiger partial charge in [-0.3, -0.25) is 4.79 Å². The van der Waals surface area contributed by atoms with E-state index in [1.165, 1.54) is 18.2 Å². The standard InChI is InChI=1S/C14H10ClFN2OS/c15-11-4-2-1-3-9(11)14(19)18-8-5-6-12(16)10(7-8)13(17)20/h1-7H,(H2,17,20)(H,18,19). The maximum absolute atomic E-state index is 13.4. The summed E-state index contributed by atoms with van der Waals surface area (Å²) in [6.07, 6.45) is 0. The molecule has 0 aliphatic carbocycles. The first-order valence-corrected chi connectivity index (χ1v) is 6.43. The fourth-order valence-corrected chi connectivity index (χ4v) is 2.01. The maximum atomic E-state index is 13.4. The molecule has 0 aromatic heterocycles. The highest BCUT2D eigenvalue weighted by Gasteiger charge is 2.12. The number of thiocarbonyl (C=S) groups is 1. The Labute approximate surface area is 125 Å². The molecule has 2 rings (SSSR count). The monoisotopic (exact) mass is 308 g/mol. The van der Waals surface area contributed by atoms with Crippen molar-refractivity contribution < 1.29 is 9.18 Å². The number of nitrogens with one attached hydrogen (secondary N) is 1. The number of rotatable bonds is 3. The van der Waals surface area contributed by atoms with Crippen molar-refractivity contribution in [3.8, 4) is 0 Å². The van der Waals surface area contributed by atoms with Gasteiger partial charge in [0.15, 0.2) is 0 Å². The first-order chi connectivity index (χ1) is 9.49. The fourth-order valence-electron chi connectivity index (χ4n) is 1.64. The van der Waals surface area contributed by atoms with Gasteiger partial charge in [-0.25, -0.2) is 4.39 Å². The van der Waals surface area contributed by atoms with Crippen LogP contribution < -0.4 is 11.1 Å². The van der Waals surface area contributed by atoms with E-state index in [2.05, 4.69) is 5.32 Å². The lowest BCUT2D eigenvalue weighted by molar-refractivity contribution is 0.102. The Morgan fingerprint density at radius 1 is 1.20 bits per heavy atom. The van der Waals surface area contributed by atoms with Crippen LogP contribution >= 0.6 is 23.8 Å². The van der Waals surface area contributed by atoms with Crippen molar-refractivity contribution in [3.05, 3.63) is 64.4 Å². The quantitative estimate of drug-likeness (QED) is 0.855. The van der Waals surface area contributed by atoms with Crippen molar-refractivity contribution in [2.45, 2.75) is 0 Å². The first-order valence-electron chi connectivity index (χ1n) is 5.64. The van der Waals surface area contributed by atoms with Gasteiger partial charge in [-0.05, 0) is 30.3 Å². The van der Waals surface area contributed by atoms with Gasteiger partial charge in [0, 0.05) is 11.3 Å². The van der Waals surface area contributed by atoms with E-state index < -0.39 is 11.7 Å². The second-order valence-electron chi connectivity index (χ2n) is 3.99. The molecular weight excluding hydrogens is 299 g/mol. The van der Waals surface area contributed by atoms with Crippen molar-refractivity contribution in [2.75, 3.05) is 5.32 Å². The van der Waals surface area contributed by atoms with Gasteiger partial charge in [0.2, 0.25) is 0 Å². The number of carbonyl (C=O) groups excluding carboxylic acids is 1. The zero-order valence-corrected chi connectivity index (χ0v) is 11.8. The predicted molar refractivity (Wildman–Crippen MR) is 81.7 cm³/mol. The second kappa shape index (κ2) is 5.98. The first kappa shape index (κ1) is 14.4. The molecule has 0 unspecified atom stereocenters. The molecule has 2 aromatic carbocycles. The van der Waals surface area contributed by atoms with E-state index in [4.69, 9.17) is 29.6 Å². The Bertz CT molecular complexity index is 691. The number of halogens is 2. The summed E-state index contributed by atoms with van der Waals surface area (Å²) in [4.78, 5) is 12.0. The molecule has 102 valence electrons. The van der Waals surface area contributed by atoms with E-state index in [0.29, 0.717) is 16.3 Å². The van der Waals surface area contributed by atoms with Gasteiger partial charge in [-0.2, -0.15) is 0 Å². The molecule has 0 radical (unpaired) electrons. The molecule has 0 fully saturated rings. The van der Waals surface area contributed by atoms with Crippen LogP contribution in [0.2, 0.25) is 5.02 Å². The zero-order valence-electron chi connectivity index (χ0n) is 10.2. The number of hydrogen-bond acceptors (Lipinski definition) is 2. The molecule has 2 aromatic rings. The molecule has 1 amide bonds. The average Bonchev–Trinajstić information content (AvgIpc) is 2.41. The summed E-state index contributed by atoms with van der Waals surface area (Å²) < 4.78 is 13.4. The SMILES string of the molecule is NC(=S)c1cc(NC(=O)c2ccccc2Cl)ccc1F. The zero-order chi connectivity index (χ0) is 14.7. The molecule has 0 spiro atoms. The van der Waals surface area contributed by atoms with Gasteiger partial charge in [-0.1, -0.05) is 36.0 Å². The summed E-state index contributed by atoms with van der Waals surface area (Å²) in [5.41, 5.74) is 6.20. The molecular formula is C14H10ClFN2OS. The molecule has 0 bridgehead atoms. The average molecular weight is 309 g/mol. The van der Waals surface area contributed by atoms with Crippen LogP contribution in [-0.4, -0.2) is 10.9 Å². The van der Waals surface area contributed by atoms with Crippen LogP contribution in [0.1, 0.15) is 15.9 Å². The van der Waals surface area contributed by atoms with Crippen molar-refractivity contribution in [2.24, 2.45) is 5.73 Å². The lowest BCUT2D eigenvalue weighted by Crippen LogP contribution is -2.15. The molecule has 0 aliphatic rings. The Morgan fingerprint density at radius 3 is 2.55 bits per heavy atom. The highest BCUT2D eigenvalue weighted by atomic mass is 35.5. The number of hydrogen-bond donors (Lipinski definition) is 2. The normalized spacial score (nSPS) is 10.1. The van der Waals surface area contributed by atoms with Gasteiger partial charge in [0.1, 0.15) is 10.8 Å². The largest absolute Gasteiger partial charge is 0.389 e. The van der Waals surface area contributed by atoms with Crippen LogP contribution in [0, 0.1) is 5.82 Å². The van der Waals surface area contributed by atoms with Crippen LogP contribution in [0.5, 0.6) is 0 Å². The summed E-state index contributed by atoms with van der Waals surface area (Å²) in [6.45, 7) is 0. The van der Waals surface area contributed by atoms with E-state index >= 15 is 0 Å². The fraction of sp³-hybridized carbons (Fsp3) is 0. The summed E-state index contributed by atoms with van der Waals surface area (Å²) in [7, 11) is 0. The Morgan fingerprint density at radius 2 is 1.90 bits per heavy atom. The molecule has 0 atom stereocenters. The van der Waals surface area contributed by atoms with Crippen molar-refractivity contribution in [3.63, 3.8) is 0 Å². The Kier molecular flexibility index (Phi) is 4.32. The highest BCUT2D eigenvalue weighted by molar-refractivity contribution is 7.80. The van der Waals surface area contributed by atoms with E-state index in [0.717, 1.165) is 0 Å². The summed E-state index contributed by atoms with van der Waals surface area (Å²) in [5.74, 6) is -0.927. The van der Waals surface area contributed by atoms with Crippen molar-refractivity contribution in [1.29, 1.82) is 0 Å². The van der Waals surface area contributed by atoms with E-state index in [-0.39, 0.29) is 10.6 Å². The number of nitrogens with two attached hydrogens (primary N) is 1. The van der Waals surface area contributed by atoms with Crippen molar-refractivity contribution in [1.82, 2.24) is 0 Å². The molecule has 0 aliphatic heterocycles. The number of benzene rings is 2. The number of carbonyl (C=O) groups is 1. The maximum Gasteiger partial charge on any atom is 0.257 e. The third kappa shape index (κ3) is 3.12. The minimum Gasteiger partial charge on any atom is -0.389 e. The van der Waals surface area contributed by atoms with Crippen LogP contribution in [0.25, 0.3) is 0 Å². The van der Waals surface area contributed by atoms with E-state index in [1.54, 1.807) is 24.3 Å². The van der Waals surface area contributed by atoms with Crippen LogP contribution in [0.3, 0.4) is 0 Å². The topological polar surface area (TPSA) is 55.1 Å². The minimum atomic E-state index is -0.534. The molecule has 0 saturated heterocycles. The minimum absolute atomic E-state index is 0.0728. The molecule has 0 saturated carbocycles. The number of anilines is 1. The smallest absolute Gasteiger partial charge is 0.257 e. The van der Waals surface area contributed by atoms with Gasteiger partial charge in [-0.15, -0.1) is 0 Å². The summed E-state index contributed by atoms with van der Waals surface area (Å²) in [6, 6.07) is 10.6. The molecule has 3 N–H and O–H groups in total. The highest BCUT2D eigenvalue weighted by Crippen LogP contribution is 2.19. The van der Waals surface area contributed by atoms with Crippen LogP contribution in [0.4, 0.5) is 10.1 Å². The Balaban J connectivity index is 2.27. The van der Waals surface area contributed by atoms with Gasteiger partial charge in [0.05, 0.1) is 10.6 Å². The van der Waals surface area contributed by atoms with Gasteiger partial charge in [0.25, 0.3) is 5.91 Å². The van der Waals surface area contributed by atoms with Crippen LogP contribution in [0.15, 0.2) is 42.5 Å².